The zero-order valence-corrected chi connectivity index (χ0v) is 12.7. The van der Waals surface area contributed by atoms with Gasteiger partial charge >= 0.3 is 0 Å². The molecule has 104 valence electrons. The van der Waals surface area contributed by atoms with Gasteiger partial charge in [0.25, 0.3) is 5.91 Å². The summed E-state index contributed by atoms with van der Waals surface area (Å²) in [5.74, 6) is 0.0343. The molecule has 0 aromatic heterocycles. The molecule has 0 atom stereocenters. The molecule has 0 saturated carbocycles. The molecule has 0 fully saturated rings. The maximum absolute atomic E-state index is 11.9. The molecule has 0 aliphatic carbocycles. The van der Waals surface area contributed by atoms with E-state index < -0.39 is 0 Å². The number of hydrogen-bond donors (Lipinski definition) is 2. The lowest BCUT2D eigenvalue weighted by molar-refractivity contribution is -0.120. The highest BCUT2D eigenvalue weighted by Gasteiger charge is 2.12. The number of nitrogens with one attached hydrogen (secondary N) is 2. The topological polar surface area (TPSA) is 67.4 Å². The molecule has 1 rings (SSSR count). The number of rotatable bonds is 5. The van der Waals surface area contributed by atoms with Crippen molar-refractivity contribution in [2.24, 2.45) is 0 Å². The average Bonchev–Trinajstić information content (AvgIpc) is 2.35. The molecule has 0 aliphatic rings. The molecule has 6 heteroatoms. The Hall–Kier alpha value is -1.56. The van der Waals surface area contributed by atoms with Crippen LogP contribution in [0.25, 0.3) is 0 Å². The average molecular weight is 329 g/mol. The van der Waals surface area contributed by atoms with E-state index in [-0.39, 0.29) is 24.4 Å². The van der Waals surface area contributed by atoms with Crippen LogP contribution in [-0.4, -0.2) is 31.5 Å². The van der Waals surface area contributed by atoms with Crippen LogP contribution < -0.4 is 15.4 Å². The van der Waals surface area contributed by atoms with Crippen molar-refractivity contribution in [3.8, 4) is 5.75 Å². The van der Waals surface area contributed by atoms with E-state index in [0.717, 1.165) is 0 Å². The predicted octanol–water partition coefficient (Wildman–Crippen LogP) is 1.71. The van der Waals surface area contributed by atoms with Crippen molar-refractivity contribution in [2.45, 2.75) is 19.9 Å². The molecule has 1 aromatic carbocycles. The Morgan fingerprint density at radius 1 is 1.37 bits per heavy atom. The third-order valence-corrected chi connectivity index (χ3v) is 2.97. The molecule has 19 heavy (non-hydrogen) atoms. The number of halogens is 1. The summed E-state index contributed by atoms with van der Waals surface area (Å²) in [6.45, 7) is 3.66. The summed E-state index contributed by atoms with van der Waals surface area (Å²) in [4.78, 5) is 23.4. The van der Waals surface area contributed by atoms with Gasteiger partial charge in [-0.2, -0.15) is 0 Å². The molecule has 0 unspecified atom stereocenters. The van der Waals surface area contributed by atoms with Gasteiger partial charge in [0.2, 0.25) is 5.91 Å². The minimum Gasteiger partial charge on any atom is -0.497 e. The van der Waals surface area contributed by atoms with E-state index in [9.17, 15) is 9.59 Å². The number of carbonyl (C=O) groups is 2. The van der Waals surface area contributed by atoms with Crippen LogP contribution in [0.5, 0.6) is 5.75 Å². The number of carbonyl (C=O) groups excluding carboxylic acids is 2. The van der Waals surface area contributed by atoms with Gasteiger partial charge < -0.3 is 15.4 Å². The second-order valence-electron chi connectivity index (χ2n) is 4.25. The van der Waals surface area contributed by atoms with Crippen molar-refractivity contribution in [2.75, 3.05) is 13.7 Å². The lowest BCUT2D eigenvalue weighted by Crippen LogP contribution is -2.39. The normalized spacial score (nSPS) is 10.2. The van der Waals surface area contributed by atoms with Gasteiger partial charge in [0, 0.05) is 10.5 Å². The summed E-state index contributed by atoms with van der Waals surface area (Å²) in [5.41, 5.74) is 0.427. The minimum atomic E-state index is -0.329. The van der Waals surface area contributed by atoms with Crippen molar-refractivity contribution < 1.29 is 14.3 Å². The maximum Gasteiger partial charge on any atom is 0.252 e. The van der Waals surface area contributed by atoms with Crippen LogP contribution >= 0.6 is 15.9 Å². The van der Waals surface area contributed by atoms with Crippen molar-refractivity contribution >= 4 is 27.7 Å². The van der Waals surface area contributed by atoms with Crippen molar-refractivity contribution in [3.63, 3.8) is 0 Å². The summed E-state index contributed by atoms with van der Waals surface area (Å²) in [5, 5.41) is 5.26. The Bertz CT molecular complexity index is 475. The van der Waals surface area contributed by atoms with Gasteiger partial charge in [-0.15, -0.1) is 0 Å². The molecule has 0 spiro atoms. The first-order valence-electron chi connectivity index (χ1n) is 5.85. The molecule has 0 radical (unpaired) electrons. The first kappa shape index (κ1) is 15.5. The summed E-state index contributed by atoms with van der Waals surface area (Å²) in [7, 11) is 1.53. The summed E-state index contributed by atoms with van der Waals surface area (Å²) in [6.07, 6.45) is 0. The number of hydrogen-bond acceptors (Lipinski definition) is 3. The third-order valence-electron chi connectivity index (χ3n) is 2.28. The van der Waals surface area contributed by atoms with Crippen LogP contribution in [0.15, 0.2) is 22.7 Å². The van der Waals surface area contributed by atoms with Crippen LogP contribution in [-0.2, 0) is 4.79 Å². The fourth-order valence-electron chi connectivity index (χ4n) is 1.43. The molecule has 1 aromatic rings. The highest BCUT2D eigenvalue weighted by Crippen LogP contribution is 2.22. The molecule has 5 nitrogen and oxygen atoms in total. The smallest absolute Gasteiger partial charge is 0.252 e. The second-order valence-corrected chi connectivity index (χ2v) is 5.11. The molecular weight excluding hydrogens is 312 g/mol. The van der Waals surface area contributed by atoms with E-state index in [0.29, 0.717) is 15.8 Å². The van der Waals surface area contributed by atoms with E-state index in [1.54, 1.807) is 18.2 Å². The van der Waals surface area contributed by atoms with Gasteiger partial charge in [-0.1, -0.05) is 0 Å². The summed E-state index contributed by atoms with van der Waals surface area (Å²) in [6, 6.07) is 5.13. The predicted molar refractivity (Wildman–Crippen MR) is 76.3 cm³/mol. The van der Waals surface area contributed by atoms with Crippen LogP contribution in [0.4, 0.5) is 0 Å². The van der Waals surface area contributed by atoms with E-state index in [2.05, 4.69) is 26.6 Å². The largest absolute Gasteiger partial charge is 0.497 e. The van der Waals surface area contributed by atoms with Crippen LogP contribution in [0, 0.1) is 0 Å². The quantitative estimate of drug-likeness (QED) is 0.864. The second kappa shape index (κ2) is 7.13. The fraction of sp³-hybridized carbons (Fsp3) is 0.385. The zero-order chi connectivity index (χ0) is 14.4. The van der Waals surface area contributed by atoms with Crippen molar-refractivity contribution in [3.05, 3.63) is 28.2 Å². The monoisotopic (exact) mass is 328 g/mol. The molecule has 0 heterocycles. The van der Waals surface area contributed by atoms with E-state index >= 15 is 0 Å². The molecule has 0 aliphatic heterocycles. The van der Waals surface area contributed by atoms with Gasteiger partial charge in [0.05, 0.1) is 19.2 Å². The zero-order valence-electron chi connectivity index (χ0n) is 11.1. The van der Waals surface area contributed by atoms with Crippen LogP contribution in [0.2, 0.25) is 0 Å². The number of ether oxygens (including phenoxy) is 1. The van der Waals surface area contributed by atoms with E-state index in [1.807, 2.05) is 13.8 Å². The first-order chi connectivity index (χ1) is 8.93. The summed E-state index contributed by atoms with van der Waals surface area (Å²) < 4.78 is 5.71. The third kappa shape index (κ3) is 4.90. The first-order valence-corrected chi connectivity index (χ1v) is 6.64. The SMILES string of the molecule is COc1ccc(Br)c(C(=O)NCC(=O)NC(C)C)c1. The highest BCUT2D eigenvalue weighted by molar-refractivity contribution is 9.10. The molecule has 0 bridgehead atoms. The molecule has 0 saturated heterocycles. The standard InChI is InChI=1S/C13H17BrN2O3/c1-8(2)16-12(17)7-15-13(18)10-6-9(19-3)4-5-11(10)14/h4-6,8H,7H2,1-3H3,(H,15,18)(H,16,17). The Labute approximate surface area is 120 Å². The fourth-order valence-corrected chi connectivity index (χ4v) is 1.86. The van der Waals surface area contributed by atoms with E-state index in [1.165, 1.54) is 7.11 Å². The van der Waals surface area contributed by atoms with Crippen LogP contribution in [0.1, 0.15) is 24.2 Å². The van der Waals surface area contributed by atoms with Gasteiger partial charge in [-0.3, -0.25) is 9.59 Å². The number of methoxy groups -OCH3 is 1. The molecule has 2 N–H and O–H groups in total. The lowest BCUT2D eigenvalue weighted by Gasteiger charge is -2.10. The number of amides is 2. The Kier molecular flexibility index (Phi) is 5.82. The Morgan fingerprint density at radius 2 is 2.05 bits per heavy atom. The highest BCUT2D eigenvalue weighted by atomic mass is 79.9. The Balaban J connectivity index is 2.65. The maximum atomic E-state index is 11.9. The van der Waals surface area contributed by atoms with Crippen LogP contribution in [0.3, 0.4) is 0 Å². The van der Waals surface area contributed by atoms with Gasteiger partial charge in [-0.05, 0) is 48.0 Å². The number of benzene rings is 1. The van der Waals surface area contributed by atoms with Gasteiger partial charge in [0.15, 0.2) is 0 Å². The van der Waals surface area contributed by atoms with Crippen molar-refractivity contribution in [1.82, 2.24) is 10.6 Å². The van der Waals surface area contributed by atoms with Crippen molar-refractivity contribution in [1.29, 1.82) is 0 Å². The van der Waals surface area contributed by atoms with E-state index in [4.69, 9.17) is 4.74 Å². The Morgan fingerprint density at radius 3 is 2.63 bits per heavy atom. The summed E-state index contributed by atoms with van der Waals surface area (Å²) >= 11 is 3.29. The van der Waals surface area contributed by atoms with Gasteiger partial charge in [0.1, 0.15) is 5.75 Å². The molecular formula is C13H17BrN2O3. The minimum absolute atomic E-state index is 0.0490. The molecule has 2 amide bonds. The van der Waals surface area contributed by atoms with Gasteiger partial charge in [-0.25, -0.2) is 0 Å². The lowest BCUT2D eigenvalue weighted by atomic mass is 10.2.